The van der Waals surface area contributed by atoms with E-state index in [9.17, 15) is 4.79 Å². The van der Waals surface area contributed by atoms with Crippen LogP contribution in [0.2, 0.25) is 0 Å². The number of anilines is 1. The highest BCUT2D eigenvalue weighted by molar-refractivity contribution is 6.04. The number of rotatable bonds is 3. The summed E-state index contributed by atoms with van der Waals surface area (Å²) in [5, 5.41) is 2.78. The van der Waals surface area contributed by atoms with E-state index in [-0.39, 0.29) is 11.3 Å². The van der Waals surface area contributed by atoms with Crippen LogP contribution in [-0.4, -0.2) is 15.9 Å². The van der Waals surface area contributed by atoms with Crippen LogP contribution in [0.3, 0.4) is 0 Å². The minimum atomic E-state index is -0.189. The molecule has 0 saturated carbocycles. The Labute approximate surface area is 124 Å². The highest BCUT2D eigenvalue weighted by Gasteiger charge is 2.17. The largest absolute Gasteiger partial charge is 0.326 e. The fourth-order valence-corrected chi connectivity index (χ4v) is 1.78. The van der Waals surface area contributed by atoms with Crippen LogP contribution in [0.25, 0.3) is 0 Å². The van der Waals surface area contributed by atoms with Crippen LogP contribution < -0.4 is 11.1 Å². The third kappa shape index (κ3) is 3.86. The van der Waals surface area contributed by atoms with Gasteiger partial charge in [0.2, 0.25) is 0 Å². The lowest BCUT2D eigenvalue weighted by Gasteiger charge is -2.16. The van der Waals surface area contributed by atoms with Gasteiger partial charge in [-0.05, 0) is 17.7 Å². The van der Waals surface area contributed by atoms with Gasteiger partial charge in [-0.3, -0.25) is 4.79 Å². The molecule has 0 atom stereocenters. The fraction of sp³-hybridized carbons (Fsp3) is 0.312. The van der Waals surface area contributed by atoms with Crippen molar-refractivity contribution in [2.24, 2.45) is 5.73 Å². The summed E-state index contributed by atoms with van der Waals surface area (Å²) in [6.45, 7) is 6.59. The predicted octanol–water partition coefficient (Wildman–Crippen LogP) is 2.49. The molecular weight excluding hydrogens is 264 g/mol. The monoisotopic (exact) mass is 284 g/mol. The number of hydrogen-bond acceptors (Lipinski definition) is 4. The quantitative estimate of drug-likeness (QED) is 0.907. The van der Waals surface area contributed by atoms with Gasteiger partial charge in [0.25, 0.3) is 5.91 Å². The number of carbonyl (C=O) groups is 1. The molecule has 2 rings (SSSR count). The van der Waals surface area contributed by atoms with Crippen LogP contribution in [0.4, 0.5) is 5.69 Å². The number of carbonyl (C=O) groups excluding carboxylic acids is 1. The Kier molecular flexibility index (Phi) is 4.33. The maximum atomic E-state index is 12.1. The predicted molar refractivity (Wildman–Crippen MR) is 83.0 cm³/mol. The lowest BCUT2D eigenvalue weighted by molar-refractivity contribution is 0.102. The molecule has 1 aromatic heterocycles. The van der Waals surface area contributed by atoms with E-state index in [0.29, 0.717) is 17.8 Å². The summed E-state index contributed by atoms with van der Waals surface area (Å²) in [6.07, 6.45) is 3.25. The Morgan fingerprint density at radius 2 is 1.71 bits per heavy atom. The summed E-state index contributed by atoms with van der Waals surface area (Å²) in [7, 11) is 0. The third-order valence-electron chi connectivity index (χ3n) is 3.03. The van der Waals surface area contributed by atoms with Gasteiger partial charge in [0, 0.05) is 17.5 Å². The molecule has 1 heterocycles. The summed E-state index contributed by atoms with van der Waals surface area (Å²) >= 11 is 0. The minimum Gasteiger partial charge on any atom is -0.326 e. The van der Waals surface area contributed by atoms with Crippen molar-refractivity contribution in [2.45, 2.75) is 32.7 Å². The van der Waals surface area contributed by atoms with Crippen LogP contribution >= 0.6 is 0 Å². The molecule has 0 aliphatic carbocycles. The highest BCUT2D eigenvalue weighted by Crippen LogP contribution is 2.18. The third-order valence-corrected chi connectivity index (χ3v) is 3.03. The van der Waals surface area contributed by atoms with E-state index in [1.807, 2.05) is 32.9 Å². The Morgan fingerprint density at radius 1 is 1.14 bits per heavy atom. The van der Waals surface area contributed by atoms with Crippen molar-refractivity contribution in [3.05, 3.63) is 53.6 Å². The molecule has 5 heteroatoms. The SMILES string of the molecule is CC(C)(C)c1ncc(NC(=O)c2ccc(CN)cc2)cn1. The van der Waals surface area contributed by atoms with E-state index in [2.05, 4.69) is 15.3 Å². The molecule has 21 heavy (non-hydrogen) atoms. The van der Waals surface area contributed by atoms with Crippen molar-refractivity contribution >= 4 is 11.6 Å². The molecule has 110 valence electrons. The summed E-state index contributed by atoms with van der Waals surface area (Å²) in [4.78, 5) is 20.7. The zero-order valence-electron chi connectivity index (χ0n) is 12.6. The lowest BCUT2D eigenvalue weighted by atomic mass is 9.96. The zero-order valence-corrected chi connectivity index (χ0v) is 12.6. The van der Waals surface area contributed by atoms with Crippen molar-refractivity contribution in [2.75, 3.05) is 5.32 Å². The maximum absolute atomic E-state index is 12.1. The number of nitrogens with one attached hydrogen (secondary N) is 1. The molecule has 0 bridgehead atoms. The number of nitrogens with two attached hydrogens (primary N) is 1. The lowest BCUT2D eigenvalue weighted by Crippen LogP contribution is -2.17. The Bertz CT molecular complexity index is 612. The molecule has 0 radical (unpaired) electrons. The topological polar surface area (TPSA) is 80.9 Å². The summed E-state index contributed by atoms with van der Waals surface area (Å²) in [5.41, 5.74) is 7.57. The van der Waals surface area contributed by atoms with Gasteiger partial charge in [-0.2, -0.15) is 0 Å². The van der Waals surface area contributed by atoms with Crippen molar-refractivity contribution in [3.8, 4) is 0 Å². The van der Waals surface area contributed by atoms with Crippen molar-refractivity contribution < 1.29 is 4.79 Å². The first-order valence-electron chi connectivity index (χ1n) is 6.83. The second-order valence-corrected chi connectivity index (χ2v) is 5.90. The molecular formula is C16H20N4O. The molecule has 0 aliphatic heterocycles. The Balaban J connectivity index is 2.08. The number of aromatic nitrogens is 2. The Morgan fingerprint density at radius 3 is 2.19 bits per heavy atom. The normalized spacial score (nSPS) is 11.2. The number of hydrogen-bond donors (Lipinski definition) is 2. The van der Waals surface area contributed by atoms with Gasteiger partial charge in [0.1, 0.15) is 5.82 Å². The van der Waals surface area contributed by atoms with Gasteiger partial charge < -0.3 is 11.1 Å². The molecule has 3 N–H and O–H groups in total. The first-order chi connectivity index (χ1) is 9.90. The van der Waals surface area contributed by atoms with E-state index in [1.54, 1.807) is 24.5 Å². The summed E-state index contributed by atoms with van der Waals surface area (Å²) in [5.74, 6) is 0.554. The zero-order chi connectivity index (χ0) is 15.5. The Hall–Kier alpha value is -2.27. The first-order valence-corrected chi connectivity index (χ1v) is 6.83. The van der Waals surface area contributed by atoms with Crippen molar-refractivity contribution in [1.29, 1.82) is 0 Å². The molecule has 0 fully saturated rings. The van der Waals surface area contributed by atoms with Gasteiger partial charge in [-0.25, -0.2) is 9.97 Å². The molecule has 2 aromatic rings. The van der Waals surface area contributed by atoms with Gasteiger partial charge >= 0.3 is 0 Å². The van der Waals surface area contributed by atoms with Gasteiger partial charge in [0.15, 0.2) is 0 Å². The molecule has 0 saturated heterocycles. The van der Waals surface area contributed by atoms with Crippen molar-refractivity contribution in [1.82, 2.24) is 9.97 Å². The minimum absolute atomic E-state index is 0.111. The van der Waals surface area contributed by atoms with Gasteiger partial charge in [0.05, 0.1) is 18.1 Å². The second-order valence-electron chi connectivity index (χ2n) is 5.90. The van der Waals surface area contributed by atoms with E-state index in [1.165, 1.54) is 0 Å². The van der Waals surface area contributed by atoms with Crippen LogP contribution in [0, 0.1) is 0 Å². The van der Waals surface area contributed by atoms with Crippen LogP contribution in [-0.2, 0) is 12.0 Å². The summed E-state index contributed by atoms with van der Waals surface area (Å²) in [6, 6.07) is 7.19. The molecule has 0 spiro atoms. The average Bonchev–Trinajstić information content (AvgIpc) is 2.47. The standard InChI is InChI=1S/C16H20N4O/c1-16(2,3)15-18-9-13(10-19-15)20-14(21)12-6-4-11(8-17)5-7-12/h4-7,9-10H,8,17H2,1-3H3,(H,20,21). The van der Waals surface area contributed by atoms with E-state index < -0.39 is 0 Å². The molecule has 1 amide bonds. The molecule has 1 aromatic carbocycles. The molecule has 5 nitrogen and oxygen atoms in total. The van der Waals surface area contributed by atoms with Crippen molar-refractivity contribution in [3.63, 3.8) is 0 Å². The van der Waals surface area contributed by atoms with Crippen LogP contribution in [0.15, 0.2) is 36.7 Å². The molecule has 0 unspecified atom stereocenters. The number of benzene rings is 1. The van der Waals surface area contributed by atoms with Crippen LogP contribution in [0.5, 0.6) is 0 Å². The fourth-order valence-electron chi connectivity index (χ4n) is 1.78. The van der Waals surface area contributed by atoms with Gasteiger partial charge in [-0.15, -0.1) is 0 Å². The van der Waals surface area contributed by atoms with E-state index in [0.717, 1.165) is 11.4 Å². The highest BCUT2D eigenvalue weighted by atomic mass is 16.1. The maximum Gasteiger partial charge on any atom is 0.255 e. The van der Waals surface area contributed by atoms with Gasteiger partial charge in [-0.1, -0.05) is 32.9 Å². The smallest absolute Gasteiger partial charge is 0.255 e. The van der Waals surface area contributed by atoms with Crippen LogP contribution in [0.1, 0.15) is 42.5 Å². The number of nitrogens with zero attached hydrogens (tertiary/aromatic N) is 2. The number of amides is 1. The first kappa shape index (κ1) is 15.1. The second kappa shape index (κ2) is 6.01. The molecule has 0 aliphatic rings. The van der Waals surface area contributed by atoms with E-state index in [4.69, 9.17) is 5.73 Å². The summed E-state index contributed by atoms with van der Waals surface area (Å²) < 4.78 is 0. The average molecular weight is 284 g/mol. The van der Waals surface area contributed by atoms with E-state index >= 15 is 0 Å².